The van der Waals surface area contributed by atoms with Gasteiger partial charge in [0.25, 0.3) is 0 Å². The Hall–Kier alpha value is -3.40. The largest absolute Gasteiger partial charge is 0.354 e. The van der Waals surface area contributed by atoms with E-state index in [0.29, 0.717) is 13.0 Å². The van der Waals surface area contributed by atoms with E-state index < -0.39 is 6.04 Å². The van der Waals surface area contributed by atoms with Crippen molar-refractivity contribution >= 4 is 11.8 Å². The zero-order valence-corrected chi connectivity index (χ0v) is 18.8. The highest BCUT2D eigenvalue weighted by Crippen LogP contribution is 2.27. The Labute approximate surface area is 191 Å². The van der Waals surface area contributed by atoms with Crippen LogP contribution in [0.2, 0.25) is 0 Å². The van der Waals surface area contributed by atoms with Gasteiger partial charge in [0.05, 0.1) is 5.92 Å². The summed E-state index contributed by atoms with van der Waals surface area (Å²) in [5, 5.41) is 5.88. The van der Waals surface area contributed by atoms with Gasteiger partial charge in [0, 0.05) is 12.5 Å². The van der Waals surface area contributed by atoms with Crippen LogP contribution in [0.1, 0.15) is 55.2 Å². The zero-order chi connectivity index (χ0) is 22.8. The summed E-state index contributed by atoms with van der Waals surface area (Å²) in [4.78, 5) is 25.4. The molecular weight excluding hydrogens is 396 g/mol. The van der Waals surface area contributed by atoms with E-state index in [9.17, 15) is 9.59 Å². The van der Waals surface area contributed by atoms with Gasteiger partial charge in [0.2, 0.25) is 11.8 Å². The molecule has 0 aliphatic rings. The Morgan fingerprint density at radius 2 is 1.19 bits per heavy atom. The molecular formula is C28H32N2O2. The number of nitrogens with one attached hydrogen (secondary N) is 2. The third kappa shape index (κ3) is 6.30. The van der Waals surface area contributed by atoms with E-state index in [4.69, 9.17) is 0 Å². The van der Waals surface area contributed by atoms with E-state index in [1.165, 1.54) is 11.1 Å². The van der Waals surface area contributed by atoms with Crippen LogP contribution in [0, 0.1) is 0 Å². The maximum atomic E-state index is 12.8. The molecule has 3 aromatic carbocycles. The molecule has 0 aliphatic heterocycles. The molecule has 0 saturated heterocycles. The Morgan fingerprint density at radius 3 is 1.66 bits per heavy atom. The molecule has 32 heavy (non-hydrogen) atoms. The second kappa shape index (κ2) is 11.8. The van der Waals surface area contributed by atoms with Gasteiger partial charge in [-0.1, -0.05) is 97.9 Å². The molecule has 166 valence electrons. The normalized spacial score (nSPS) is 12.7. The minimum Gasteiger partial charge on any atom is -0.354 e. The smallest absolute Gasteiger partial charge is 0.242 e. The van der Waals surface area contributed by atoms with E-state index in [2.05, 4.69) is 34.9 Å². The highest BCUT2D eigenvalue weighted by atomic mass is 16.2. The molecule has 0 aliphatic carbocycles. The van der Waals surface area contributed by atoms with E-state index in [1.54, 1.807) is 6.92 Å². The topological polar surface area (TPSA) is 58.2 Å². The van der Waals surface area contributed by atoms with Crippen LogP contribution in [0.3, 0.4) is 0 Å². The van der Waals surface area contributed by atoms with E-state index in [-0.39, 0.29) is 23.7 Å². The van der Waals surface area contributed by atoms with E-state index in [1.807, 2.05) is 73.7 Å². The quantitative estimate of drug-likeness (QED) is 0.476. The summed E-state index contributed by atoms with van der Waals surface area (Å²) in [5.41, 5.74) is 3.42. The average Bonchev–Trinajstić information content (AvgIpc) is 2.84. The Balaban J connectivity index is 1.56. The van der Waals surface area contributed by atoms with Crippen LogP contribution in [-0.4, -0.2) is 24.4 Å². The van der Waals surface area contributed by atoms with E-state index in [0.717, 1.165) is 12.0 Å². The molecule has 4 nitrogen and oxygen atoms in total. The van der Waals surface area contributed by atoms with Crippen LogP contribution < -0.4 is 10.6 Å². The summed E-state index contributed by atoms with van der Waals surface area (Å²) in [6.07, 6.45) is 1.46. The second-order valence-electron chi connectivity index (χ2n) is 8.06. The van der Waals surface area contributed by atoms with Crippen molar-refractivity contribution in [3.63, 3.8) is 0 Å². The molecule has 0 bridgehead atoms. The molecule has 0 fully saturated rings. The van der Waals surface area contributed by atoms with Crippen molar-refractivity contribution in [2.24, 2.45) is 0 Å². The maximum absolute atomic E-state index is 12.8. The lowest BCUT2D eigenvalue weighted by molar-refractivity contribution is -0.129. The van der Waals surface area contributed by atoms with Crippen LogP contribution in [0.25, 0.3) is 0 Å². The van der Waals surface area contributed by atoms with Gasteiger partial charge in [-0.15, -0.1) is 0 Å². The highest BCUT2D eigenvalue weighted by Gasteiger charge is 2.23. The third-order valence-electron chi connectivity index (χ3n) is 5.81. The molecule has 0 spiro atoms. The fourth-order valence-corrected chi connectivity index (χ4v) is 4.03. The highest BCUT2D eigenvalue weighted by molar-refractivity contribution is 5.90. The van der Waals surface area contributed by atoms with Crippen molar-refractivity contribution in [3.8, 4) is 0 Å². The monoisotopic (exact) mass is 428 g/mol. The SMILES string of the molecule is CC[C@@H](C(=O)N[C@H](C)C(=O)NCCC(c1ccccc1)c1ccccc1)c1ccccc1. The lowest BCUT2D eigenvalue weighted by Crippen LogP contribution is -2.46. The van der Waals surface area contributed by atoms with Crippen molar-refractivity contribution in [1.82, 2.24) is 10.6 Å². The lowest BCUT2D eigenvalue weighted by Gasteiger charge is -2.21. The molecule has 0 aromatic heterocycles. The van der Waals surface area contributed by atoms with Gasteiger partial charge >= 0.3 is 0 Å². The summed E-state index contributed by atoms with van der Waals surface area (Å²) < 4.78 is 0. The first-order valence-corrected chi connectivity index (χ1v) is 11.3. The average molecular weight is 429 g/mol. The predicted octanol–water partition coefficient (Wildman–Crippen LogP) is 5.02. The van der Waals surface area contributed by atoms with Crippen molar-refractivity contribution in [3.05, 3.63) is 108 Å². The molecule has 0 radical (unpaired) electrons. The van der Waals surface area contributed by atoms with Crippen molar-refractivity contribution in [2.45, 2.75) is 44.6 Å². The first-order chi connectivity index (χ1) is 15.6. The van der Waals surface area contributed by atoms with Crippen molar-refractivity contribution in [1.29, 1.82) is 0 Å². The number of hydrogen-bond acceptors (Lipinski definition) is 2. The molecule has 3 aromatic rings. The van der Waals surface area contributed by atoms with Gasteiger partial charge in [-0.2, -0.15) is 0 Å². The lowest BCUT2D eigenvalue weighted by atomic mass is 9.88. The summed E-state index contributed by atoms with van der Waals surface area (Å²) in [7, 11) is 0. The number of benzene rings is 3. The minimum absolute atomic E-state index is 0.118. The van der Waals surface area contributed by atoms with Gasteiger partial charge in [-0.25, -0.2) is 0 Å². The standard InChI is InChI=1S/C28H32N2O2/c1-3-25(22-13-7-4-8-14-22)28(32)30-21(2)27(31)29-20-19-26(23-15-9-5-10-16-23)24-17-11-6-12-18-24/h4-18,21,25-26H,3,19-20H2,1-2H3,(H,29,31)(H,30,32)/t21-,25-/m1/s1. The summed E-state index contributed by atoms with van der Waals surface area (Å²) >= 11 is 0. The molecule has 2 amide bonds. The van der Waals surface area contributed by atoms with Gasteiger partial charge in [-0.05, 0) is 36.5 Å². The van der Waals surface area contributed by atoms with Gasteiger partial charge in [-0.3, -0.25) is 9.59 Å². The third-order valence-corrected chi connectivity index (χ3v) is 5.81. The summed E-state index contributed by atoms with van der Waals surface area (Å²) in [5.74, 6) is -0.342. The summed E-state index contributed by atoms with van der Waals surface area (Å²) in [6.45, 7) is 4.25. The van der Waals surface area contributed by atoms with Crippen LogP contribution in [0.5, 0.6) is 0 Å². The molecule has 2 atom stereocenters. The number of carbonyl (C=O) groups excluding carboxylic acids is 2. The minimum atomic E-state index is -0.591. The molecule has 2 N–H and O–H groups in total. The predicted molar refractivity (Wildman–Crippen MR) is 129 cm³/mol. The Bertz CT molecular complexity index is 935. The Kier molecular flexibility index (Phi) is 8.61. The molecule has 0 heterocycles. The maximum Gasteiger partial charge on any atom is 0.242 e. The number of amides is 2. The number of hydrogen-bond donors (Lipinski definition) is 2. The molecule has 0 unspecified atom stereocenters. The number of rotatable bonds is 10. The fourth-order valence-electron chi connectivity index (χ4n) is 4.03. The second-order valence-corrected chi connectivity index (χ2v) is 8.06. The Morgan fingerprint density at radius 1 is 0.719 bits per heavy atom. The van der Waals surface area contributed by atoms with Crippen molar-refractivity contribution in [2.75, 3.05) is 6.54 Å². The molecule has 3 rings (SSSR count). The van der Waals surface area contributed by atoms with Crippen LogP contribution >= 0.6 is 0 Å². The zero-order valence-electron chi connectivity index (χ0n) is 18.8. The van der Waals surface area contributed by atoms with Gasteiger partial charge in [0.15, 0.2) is 0 Å². The van der Waals surface area contributed by atoms with Crippen LogP contribution in [0.4, 0.5) is 0 Å². The fraction of sp³-hybridized carbons (Fsp3) is 0.286. The number of carbonyl (C=O) groups is 2. The van der Waals surface area contributed by atoms with E-state index >= 15 is 0 Å². The van der Waals surface area contributed by atoms with Crippen LogP contribution in [0.15, 0.2) is 91.0 Å². The van der Waals surface area contributed by atoms with Crippen LogP contribution in [-0.2, 0) is 9.59 Å². The first kappa shape index (κ1) is 23.3. The first-order valence-electron chi connectivity index (χ1n) is 11.3. The van der Waals surface area contributed by atoms with Gasteiger partial charge in [0.1, 0.15) is 6.04 Å². The van der Waals surface area contributed by atoms with Gasteiger partial charge < -0.3 is 10.6 Å². The molecule has 0 saturated carbocycles. The summed E-state index contributed by atoms with van der Waals surface area (Å²) in [6, 6.07) is 29.8. The van der Waals surface area contributed by atoms with Crippen molar-refractivity contribution < 1.29 is 9.59 Å². The molecule has 4 heteroatoms.